The highest BCUT2D eigenvalue weighted by atomic mass is 16.2. The van der Waals surface area contributed by atoms with Crippen molar-refractivity contribution >= 4 is 17.5 Å². The molecule has 0 N–H and O–H groups in total. The molecule has 2 amide bonds. The summed E-state index contributed by atoms with van der Waals surface area (Å²) in [7, 11) is 0. The Balaban J connectivity index is 1.64. The van der Waals surface area contributed by atoms with Crippen molar-refractivity contribution in [2.24, 2.45) is 23.7 Å². The standard InChI is InChI=1S/C18H19NO2/c1-2-3-11-4-8-14(9-5-11)19-17(20)15-12-6-7-13(10-12)16(15)18(19)21/h4-9,12-13,15-16H,2-3,10H2,1H3/t12-,13-,15-,16-/m0/s1. The zero-order valence-corrected chi connectivity index (χ0v) is 12.2. The molecule has 3 nitrogen and oxygen atoms in total. The number of hydrogen-bond donors (Lipinski definition) is 0. The van der Waals surface area contributed by atoms with Crippen LogP contribution in [0.2, 0.25) is 0 Å². The first-order chi connectivity index (χ1) is 10.2. The van der Waals surface area contributed by atoms with Crippen LogP contribution >= 0.6 is 0 Å². The van der Waals surface area contributed by atoms with Gasteiger partial charge in [0.2, 0.25) is 11.8 Å². The monoisotopic (exact) mass is 281 g/mol. The van der Waals surface area contributed by atoms with E-state index >= 15 is 0 Å². The molecule has 2 fully saturated rings. The van der Waals surface area contributed by atoms with E-state index in [1.54, 1.807) is 0 Å². The first-order valence-corrected chi connectivity index (χ1v) is 7.85. The molecule has 2 bridgehead atoms. The number of rotatable bonds is 3. The quantitative estimate of drug-likeness (QED) is 0.631. The second-order valence-corrected chi connectivity index (χ2v) is 6.43. The minimum atomic E-state index is -0.109. The van der Waals surface area contributed by atoms with Crippen LogP contribution in [0.5, 0.6) is 0 Å². The Morgan fingerprint density at radius 3 is 2.10 bits per heavy atom. The predicted molar refractivity (Wildman–Crippen MR) is 80.6 cm³/mol. The predicted octanol–water partition coefficient (Wildman–Crippen LogP) is 2.95. The smallest absolute Gasteiger partial charge is 0.238 e. The number of hydrogen-bond acceptors (Lipinski definition) is 2. The lowest BCUT2D eigenvalue weighted by molar-refractivity contribution is -0.123. The van der Waals surface area contributed by atoms with Gasteiger partial charge in [-0.25, -0.2) is 0 Å². The molecule has 1 aromatic rings. The van der Waals surface area contributed by atoms with Crippen molar-refractivity contribution in [3.05, 3.63) is 42.0 Å². The molecule has 3 heteroatoms. The van der Waals surface area contributed by atoms with Crippen LogP contribution in [0, 0.1) is 23.7 Å². The van der Waals surface area contributed by atoms with Gasteiger partial charge in [0.05, 0.1) is 17.5 Å². The van der Waals surface area contributed by atoms with Gasteiger partial charge in [0.1, 0.15) is 0 Å². The molecule has 1 heterocycles. The van der Waals surface area contributed by atoms with Crippen LogP contribution in [-0.2, 0) is 16.0 Å². The lowest BCUT2D eigenvalue weighted by Gasteiger charge is -2.17. The van der Waals surface area contributed by atoms with E-state index in [9.17, 15) is 9.59 Å². The summed E-state index contributed by atoms with van der Waals surface area (Å²) in [5, 5.41) is 0. The zero-order valence-electron chi connectivity index (χ0n) is 12.2. The van der Waals surface area contributed by atoms with Crippen molar-refractivity contribution in [1.29, 1.82) is 0 Å². The van der Waals surface area contributed by atoms with Crippen molar-refractivity contribution in [3.63, 3.8) is 0 Å². The highest BCUT2D eigenvalue weighted by Gasteiger charge is 2.59. The molecule has 4 atom stereocenters. The number of benzene rings is 1. The van der Waals surface area contributed by atoms with E-state index in [2.05, 4.69) is 19.1 Å². The van der Waals surface area contributed by atoms with Gasteiger partial charge < -0.3 is 0 Å². The summed E-state index contributed by atoms with van der Waals surface area (Å²) in [6.07, 6.45) is 7.37. The number of allylic oxidation sites excluding steroid dienone is 2. The molecular weight excluding hydrogens is 262 g/mol. The fourth-order valence-electron chi connectivity index (χ4n) is 4.26. The third-order valence-electron chi connectivity index (χ3n) is 5.20. The minimum absolute atomic E-state index is 0.00471. The lowest BCUT2D eigenvalue weighted by Crippen LogP contribution is -2.32. The molecule has 1 aromatic carbocycles. The summed E-state index contributed by atoms with van der Waals surface area (Å²) in [4.78, 5) is 26.8. The molecule has 0 unspecified atom stereocenters. The van der Waals surface area contributed by atoms with E-state index in [0.717, 1.165) is 24.9 Å². The van der Waals surface area contributed by atoms with E-state index in [4.69, 9.17) is 0 Å². The Morgan fingerprint density at radius 2 is 1.57 bits per heavy atom. The van der Waals surface area contributed by atoms with E-state index in [0.29, 0.717) is 0 Å². The third-order valence-corrected chi connectivity index (χ3v) is 5.20. The minimum Gasteiger partial charge on any atom is -0.274 e. The first-order valence-electron chi connectivity index (χ1n) is 7.85. The van der Waals surface area contributed by atoms with Crippen LogP contribution in [0.25, 0.3) is 0 Å². The number of carbonyl (C=O) groups excluding carboxylic acids is 2. The molecule has 4 rings (SSSR count). The van der Waals surface area contributed by atoms with E-state index in [1.165, 1.54) is 10.5 Å². The molecule has 3 aliphatic rings. The van der Waals surface area contributed by atoms with Gasteiger partial charge in [-0.1, -0.05) is 37.6 Å². The molecule has 0 radical (unpaired) electrons. The van der Waals surface area contributed by atoms with Gasteiger partial charge in [0, 0.05) is 0 Å². The number of nitrogens with zero attached hydrogens (tertiary/aromatic N) is 1. The van der Waals surface area contributed by atoms with Crippen LogP contribution < -0.4 is 4.90 Å². The Morgan fingerprint density at radius 1 is 1.00 bits per heavy atom. The van der Waals surface area contributed by atoms with E-state index < -0.39 is 0 Å². The summed E-state index contributed by atoms with van der Waals surface area (Å²) < 4.78 is 0. The second-order valence-electron chi connectivity index (χ2n) is 6.43. The average Bonchev–Trinajstić information content (AvgIpc) is 3.15. The SMILES string of the molecule is CCCc1ccc(N2C(=O)[C@@H]3[C@@H](C2=O)[C@H]2C=C[C@H]3C2)cc1. The van der Waals surface area contributed by atoms with Gasteiger partial charge in [0.25, 0.3) is 0 Å². The first kappa shape index (κ1) is 12.8. The molecule has 1 saturated heterocycles. The number of imide groups is 1. The maximum atomic E-state index is 12.7. The van der Waals surface area contributed by atoms with Gasteiger partial charge in [-0.2, -0.15) is 0 Å². The van der Waals surface area contributed by atoms with Crippen molar-refractivity contribution < 1.29 is 9.59 Å². The molecule has 108 valence electrons. The maximum Gasteiger partial charge on any atom is 0.238 e. The Kier molecular flexibility index (Phi) is 2.78. The van der Waals surface area contributed by atoms with Gasteiger partial charge in [-0.15, -0.1) is 0 Å². The average molecular weight is 281 g/mol. The van der Waals surface area contributed by atoms with Crippen LogP contribution in [0.4, 0.5) is 5.69 Å². The summed E-state index contributed by atoms with van der Waals surface area (Å²) in [5.41, 5.74) is 1.99. The summed E-state index contributed by atoms with van der Waals surface area (Å²) >= 11 is 0. The zero-order chi connectivity index (χ0) is 14.6. The second kappa shape index (κ2) is 4.55. The van der Waals surface area contributed by atoms with Crippen molar-refractivity contribution in [2.45, 2.75) is 26.2 Å². The summed E-state index contributed by atoms with van der Waals surface area (Å²) in [6.45, 7) is 2.14. The highest BCUT2D eigenvalue weighted by molar-refractivity contribution is 6.22. The van der Waals surface area contributed by atoms with Crippen LogP contribution in [-0.4, -0.2) is 11.8 Å². The molecule has 1 saturated carbocycles. The normalized spacial score (nSPS) is 33.1. The number of aryl methyl sites for hydroxylation is 1. The molecule has 1 aliphatic heterocycles. The van der Waals surface area contributed by atoms with Crippen molar-refractivity contribution in [3.8, 4) is 0 Å². The molecule has 2 aliphatic carbocycles. The summed E-state index contributed by atoms with van der Waals surface area (Å²) in [6, 6.07) is 7.88. The number of carbonyl (C=O) groups is 2. The van der Waals surface area contributed by atoms with Crippen molar-refractivity contribution in [1.82, 2.24) is 0 Å². The van der Waals surface area contributed by atoms with E-state index in [-0.39, 0.29) is 35.5 Å². The Labute approximate surface area is 124 Å². The highest BCUT2D eigenvalue weighted by Crippen LogP contribution is 2.53. The molecule has 0 aromatic heterocycles. The van der Waals surface area contributed by atoms with Gasteiger partial charge in [0.15, 0.2) is 0 Å². The maximum absolute atomic E-state index is 12.7. The fourth-order valence-corrected chi connectivity index (χ4v) is 4.26. The Hall–Kier alpha value is -1.90. The van der Waals surface area contributed by atoms with Crippen LogP contribution in [0.15, 0.2) is 36.4 Å². The largest absolute Gasteiger partial charge is 0.274 e. The van der Waals surface area contributed by atoms with Gasteiger partial charge >= 0.3 is 0 Å². The Bertz CT molecular complexity index is 601. The molecular formula is C18H19NO2. The number of fused-ring (bicyclic) bond motifs is 5. The molecule has 21 heavy (non-hydrogen) atoms. The summed E-state index contributed by atoms with van der Waals surface area (Å²) in [5.74, 6) is 0.349. The topological polar surface area (TPSA) is 37.4 Å². The van der Waals surface area contributed by atoms with Crippen molar-refractivity contribution in [2.75, 3.05) is 4.90 Å². The third kappa shape index (κ3) is 1.73. The van der Waals surface area contributed by atoms with Crippen LogP contribution in [0.3, 0.4) is 0 Å². The number of amides is 2. The fraction of sp³-hybridized carbons (Fsp3) is 0.444. The van der Waals surface area contributed by atoms with Crippen LogP contribution in [0.1, 0.15) is 25.3 Å². The lowest BCUT2D eigenvalue weighted by atomic mass is 9.85. The van der Waals surface area contributed by atoms with Gasteiger partial charge in [-0.3, -0.25) is 14.5 Å². The number of anilines is 1. The molecule has 0 spiro atoms. The van der Waals surface area contributed by atoms with E-state index in [1.807, 2.05) is 24.3 Å². The van der Waals surface area contributed by atoms with Gasteiger partial charge in [-0.05, 0) is 42.4 Å².